The Balaban J connectivity index is 1.49. The van der Waals surface area contributed by atoms with E-state index in [-0.39, 0.29) is 82.0 Å². The molecule has 15 heteroatoms. The molecule has 2 aliphatic carbocycles. The summed E-state index contributed by atoms with van der Waals surface area (Å²) in [4.78, 5) is 34.0. The number of carbonyl (C=O) groups is 1. The highest BCUT2D eigenvalue weighted by Gasteiger charge is 2.65. The summed E-state index contributed by atoms with van der Waals surface area (Å²) in [6.07, 6.45) is 11.6. The van der Waals surface area contributed by atoms with Crippen LogP contribution in [0.5, 0.6) is 11.5 Å². The van der Waals surface area contributed by atoms with Gasteiger partial charge in [-0.05, 0) is 97.2 Å². The highest BCUT2D eigenvalue weighted by Crippen LogP contribution is 2.62. The number of amides is 1. The van der Waals surface area contributed by atoms with Crippen molar-refractivity contribution in [2.24, 2.45) is 22.9 Å². The third-order valence-corrected chi connectivity index (χ3v) is 13.1. The minimum Gasteiger partial charge on any atom is -0.493 e. The standard InChI is InChI=1S/C49H61N3O11S/c1-3-27-62-49-45(51(23-28-60-29-26-55)46(56)22-17-35-15-18-37(19-16-35)52(57)58)34-43(50-59-2)41-32-36(11-7-9-24-53)40(14-8-10-25-54)47(48(41)49)42-33-38(20-21-44(42)63-49)61-30-31-64-39-12-5-4-6-13-39/h3-6,12-13,15-22,32-33,36,40,45,47-48,53-55H,1,7-11,14,23-31,34H2,2H3/t36-,40+,45-,47+,48+,49+/m0/s1. The Labute approximate surface area is 379 Å². The first kappa shape index (κ1) is 48.4. The number of non-ortho nitro benzene ring substituents is 1. The van der Waals surface area contributed by atoms with Crippen molar-refractivity contribution in [3.8, 4) is 11.5 Å². The summed E-state index contributed by atoms with van der Waals surface area (Å²) in [7, 11) is 1.50. The molecule has 1 saturated carbocycles. The predicted molar refractivity (Wildman–Crippen MR) is 246 cm³/mol. The lowest BCUT2D eigenvalue weighted by molar-refractivity contribution is -0.384. The highest BCUT2D eigenvalue weighted by atomic mass is 32.2. The molecule has 3 aromatic rings. The Hall–Kier alpha value is -5.03. The zero-order valence-corrected chi connectivity index (χ0v) is 37.3. The number of rotatable bonds is 26. The van der Waals surface area contributed by atoms with Gasteiger partial charge < -0.3 is 44.0 Å². The van der Waals surface area contributed by atoms with Crippen LogP contribution in [0.3, 0.4) is 0 Å². The Morgan fingerprint density at radius 2 is 1.77 bits per heavy atom. The summed E-state index contributed by atoms with van der Waals surface area (Å²) in [5, 5.41) is 45.4. The molecule has 344 valence electrons. The van der Waals surface area contributed by atoms with Gasteiger partial charge in [-0.2, -0.15) is 0 Å². The number of unbranched alkanes of at least 4 members (excludes halogenated alkanes) is 2. The van der Waals surface area contributed by atoms with Gasteiger partial charge >= 0.3 is 0 Å². The molecule has 14 nitrogen and oxygen atoms in total. The summed E-state index contributed by atoms with van der Waals surface area (Å²) < 4.78 is 26.5. The highest BCUT2D eigenvalue weighted by molar-refractivity contribution is 7.99. The zero-order chi connectivity index (χ0) is 45.3. The van der Waals surface area contributed by atoms with Gasteiger partial charge in [-0.25, -0.2) is 0 Å². The number of thioether (sulfide) groups is 1. The maximum absolute atomic E-state index is 14.7. The van der Waals surface area contributed by atoms with E-state index in [9.17, 15) is 30.2 Å². The van der Waals surface area contributed by atoms with E-state index in [0.717, 1.165) is 47.5 Å². The molecular weight excluding hydrogens is 839 g/mol. The Morgan fingerprint density at radius 1 is 1.00 bits per heavy atom. The molecular formula is C49H61N3O11S. The monoisotopic (exact) mass is 899 g/mol. The number of hydrogen-bond acceptors (Lipinski definition) is 13. The second kappa shape index (κ2) is 24.3. The lowest BCUT2D eigenvalue weighted by Crippen LogP contribution is -2.70. The smallest absolute Gasteiger partial charge is 0.269 e. The molecule has 1 heterocycles. The van der Waals surface area contributed by atoms with Gasteiger partial charge in [0.2, 0.25) is 11.7 Å². The molecule has 1 amide bonds. The number of allylic oxidation sites excluding steroid dienone is 1. The third kappa shape index (κ3) is 11.8. The second-order valence-electron chi connectivity index (χ2n) is 16.0. The Morgan fingerprint density at radius 3 is 2.47 bits per heavy atom. The van der Waals surface area contributed by atoms with Crippen LogP contribution < -0.4 is 9.47 Å². The van der Waals surface area contributed by atoms with Crippen LogP contribution in [0.4, 0.5) is 5.69 Å². The van der Waals surface area contributed by atoms with E-state index in [1.807, 2.05) is 30.3 Å². The van der Waals surface area contributed by atoms with E-state index < -0.39 is 22.7 Å². The van der Waals surface area contributed by atoms with Crippen molar-refractivity contribution in [3.63, 3.8) is 0 Å². The number of oxime groups is 1. The lowest BCUT2D eigenvalue weighted by atomic mass is 9.55. The van der Waals surface area contributed by atoms with Crippen molar-refractivity contribution in [3.05, 3.63) is 124 Å². The van der Waals surface area contributed by atoms with Gasteiger partial charge in [-0.3, -0.25) is 14.9 Å². The van der Waals surface area contributed by atoms with Gasteiger partial charge in [0.15, 0.2) is 0 Å². The number of nitro groups is 1. The fourth-order valence-electron chi connectivity index (χ4n) is 9.40. The summed E-state index contributed by atoms with van der Waals surface area (Å²) in [5.74, 6) is -0.502. The first-order chi connectivity index (χ1) is 31.3. The summed E-state index contributed by atoms with van der Waals surface area (Å²) in [6.45, 7) is 4.80. The van der Waals surface area contributed by atoms with E-state index in [1.54, 1.807) is 40.9 Å². The number of fused-ring (bicyclic) bond motifs is 2. The molecule has 3 aliphatic rings. The lowest BCUT2D eigenvalue weighted by Gasteiger charge is -2.60. The number of nitrogens with zero attached hydrogens (tertiary/aromatic N) is 3. The molecule has 6 rings (SSSR count). The molecule has 3 N–H and O–H groups in total. The van der Waals surface area contributed by atoms with E-state index in [2.05, 4.69) is 36.0 Å². The molecule has 0 spiro atoms. The zero-order valence-electron chi connectivity index (χ0n) is 36.5. The van der Waals surface area contributed by atoms with Crippen molar-refractivity contribution in [1.29, 1.82) is 0 Å². The molecule has 64 heavy (non-hydrogen) atoms. The van der Waals surface area contributed by atoms with E-state index in [1.165, 1.54) is 25.3 Å². The second-order valence-corrected chi connectivity index (χ2v) is 17.2. The van der Waals surface area contributed by atoms with E-state index >= 15 is 0 Å². The fraction of sp³-hybridized carbons (Fsp3) is 0.469. The average Bonchev–Trinajstić information content (AvgIpc) is 3.31. The summed E-state index contributed by atoms with van der Waals surface area (Å²) >= 11 is 1.72. The number of carbonyl (C=O) groups excluding carboxylic acids is 1. The average molecular weight is 900 g/mol. The Kier molecular flexibility index (Phi) is 18.4. The van der Waals surface area contributed by atoms with Crippen molar-refractivity contribution in [1.82, 2.24) is 4.90 Å². The number of nitro benzene ring substituents is 1. The maximum Gasteiger partial charge on any atom is 0.269 e. The van der Waals surface area contributed by atoms with Gasteiger partial charge in [0, 0.05) is 66.5 Å². The molecule has 0 bridgehead atoms. The van der Waals surface area contributed by atoms with Crippen LogP contribution in [0.2, 0.25) is 0 Å². The number of aliphatic hydroxyl groups excluding tert-OH is 3. The fourth-order valence-corrected chi connectivity index (χ4v) is 10.2. The Bertz CT molecular complexity index is 2080. The number of aliphatic hydroxyl groups is 3. The largest absolute Gasteiger partial charge is 0.493 e. The summed E-state index contributed by atoms with van der Waals surface area (Å²) in [5.41, 5.74) is 3.02. The van der Waals surface area contributed by atoms with Crippen molar-refractivity contribution < 1.29 is 48.8 Å². The molecule has 3 aromatic carbocycles. The first-order valence-corrected chi connectivity index (χ1v) is 23.1. The van der Waals surface area contributed by atoms with Crippen LogP contribution in [0.1, 0.15) is 62.0 Å². The molecule has 0 radical (unpaired) electrons. The number of ether oxygens (including phenoxy) is 4. The normalized spacial score (nSPS) is 22.8. The van der Waals surface area contributed by atoms with Crippen LogP contribution in [-0.2, 0) is 19.1 Å². The topological polar surface area (TPSA) is 183 Å². The van der Waals surface area contributed by atoms with Crippen molar-refractivity contribution in [2.75, 3.05) is 65.7 Å². The predicted octanol–water partition coefficient (Wildman–Crippen LogP) is 7.58. The molecule has 0 unspecified atom stereocenters. The van der Waals surface area contributed by atoms with Crippen LogP contribution >= 0.6 is 11.8 Å². The summed E-state index contributed by atoms with van der Waals surface area (Å²) in [6, 6.07) is 21.2. The molecule has 0 aromatic heterocycles. The van der Waals surface area contributed by atoms with Gasteiger partial charge in [-0.15, -0.1) is 18.3 Å². The van der Waals surface area contributed by atoms with E-state index in [4.69, 9.17) is 23.8 Å². The van der Waals surface area contributed by atoms with Gasteiger partial charge in [-0.1, -0.05) is 48.3 Å². The molecule has 1 fully saturated rings. The van der Waals surface area contributed by atoms with Crippen LogP contribution in [-0.4, -0.2) is 114 Å². The van der Waals surface area contributed by atoms with Gasteiger partial charge in [0.25, 0.3) is 5.69 Å². The minimum absolute atomic E-state index is 0.0267. The maximum atomic E-state index is 14.7. The molecule has 0 saturated heterocycles. The van der Waals surface area contributed by atoms with Crippen LogP contribution in [0, 0.1) is 27.9 Å². The molecule has 6 atom stereocenters. The van der Waals surface area contributed by atoms with Gasteiger partial charge in [0.05, 0.1) is 49.6 Å². The minimum atomic E-state index is -1.49. The van der Waals surface area contributed by atoms with Crippen LogP contribution in [0.25, 0.3) is 6.08 Å². The number of hydrogen-bond donors (Lipinski definition) is 3. The van der Waals surface area contributed by atoms with Crippen LogP contribution in [0.15, 0.2) is 113 Å². The molecule has 1 aliphatic heterocycles. The van der Waals surface area contributed by atoms with Crippen molar-refractivity contribution in [2.45, 2.75) is 67.6 Å². The van der Waals surface area contributed by atoms with Gasteiger partial charge in [0.1, 0.15) is 24.7 Å². The van der Waals surface area contributed by atoms with E-state index in [0.29, 0.717) is 42.2 Å². The first-order valence-electron chi connectivity index (χ1n) is 22.1. The SMILES string of the molecule is C=CCO[C@@]12Oc3ccc(OCCSc4ccccc4)cc3[C@H]3[C@H](CCCCO)[C@@H](CCCCO)C=C(C(=NOC)C[C@@H]1N(CCOCCO)C(=O)C=Cc1ccc([N+](=O)[O-])cc1)[C@H]32. The third-order valence-electron chi connectivity index (χ3n) is 12.1. The number of benzene rings is 3. The van der Waals surface area contributed by atoms with Crippen molar-refractivity contribution >= 4 is 35.1 Å². The quantitative estimate of drug-likeness (QED) is 0.0180.